The highest BCUT2D eigenvalue weighted by Crippen LogP contribution is 2.27. The third-order valence-electron chi connectivity index (χ3n) is 2.70. The summed E-state index contributed by atoms with van der Waals surface area (Å²) in [5.41, 5.74) is 5.46. The van der Waals surface area contributed by atoms with Crippen molar-refractivity contribution in [2.75, 3.05) is 18.8 Å². The predicted molar refractivity (Wildman–Crippen MR) is 62.0 cm³/mol. The lowest BCUT2D eigenvalue weighted by atomic mass is 9.91. The maximum Gasteiger partial charge on any atom is 0.214 e. The second-order valence-corrected chi connectivity index (χ2v) is 7.77. The fraction of sp³-hybridized carbons (Fsp3) is 1.00. The van der Waals surface area contributed by atoms with E-state index < -0.39 is 10.0 Å². The van der Waals surface area contributed by atoms with Gasteiger partial charge in [0.2, 0.25) is 10.0 Å². The van der Waals surface area contributed by atoms with Crippen LogP contribution in [0.5, 0.6) is 0 Å². The molecule has 0 amide bonds. The van der Waals surface area contributed by atoms with E-state index in [2.05, 4.69) is 0 Å². The Morgan fingerprint density at radius 2 is 1.80 bits per heavy atom. The SMILES string of the molecule is CCC1(N)CN(S(=O)(=O)CC(C)(C)C)C1. The average molecular weight is 234 g/mol. The Morgan fingerprint density at radius 3 is 2.13 bits per heavy atom. The van der Waals surface area contributed by atoms with Gasteiger partial charge in [-0.1, -0.05) is 27.7 Å². The topological polar surface area (TPSA) is 63.4 Å². The Kier molecular flexibility index (Phi) is 3.20. The fourth-order valence-corrected chi connectivity index (χ4v) is 3.90. The summed E-state index contributed by atoms with van der Waals surface area (Å²) in [5, 5.41) is 0. The van der Waals surface area contributed by atoms with E-state index in [9.17, 15) is 8.42 Å². The maximum atomic E-state index is 11.9. The highest BCUT2D eigenvalue weighted by molar-refractivity contribution is 7.89. The van der Waals surface area contributed by atoms with Crippen LogP contribution in [0.3, 0.4) is 0 Å². The van der Waals surface area contributed by atoms with Gasteiger partial charge in [0.25, 0.3) is 0 Å². The number of hydrogen-bond acceptors (Lipinski definition) is 3. The second-order valence-electron chi connectivity index (χ2n) is 5.80. The van der Waals surface area contributed by atoms with E-state index in [4.69, 9.17) is 5.73 Å². The van der Waals surface area contributed by atoms with Crippen LogP contribution in [0.2, 0.25) is 0 Å². The van der Waals surface area contributed by atoms with Gasteiger partial charge >= 0.3 is 0 Å². The molecule has 4 nitrogen and oxygen atoms in total. The lowest BCUT2D eigenvalue weighted by Crippen LogP contribution is -2.68. The third kappa shape index (κ3) is 3.16. The van der Waals surface area contributed by atoms with Crippen molar-refractivity contribution < 1.29 is 8.42 Å². The summed E-state index contributed by atoms with van der Waals surface area (Å²) in [5.74, 6) is 0.194. The highest BCUT2D eigenvalue weighted by atomic mass is 32.2. The zero-order valence-corrected chi connectivity index (χ0v) is 10.9. The van der Waals surface area contributed by atoms with Crippen LogP contribution < -0.4 is 5.73 Å². The molecule has 0 aliphatic carbocycles. The van der Waals surface area contributed by atoms with E-state index in [0.717, 1.165) is 6.42 Å². The Morgan fingerprint density at radius 1 is 1.33 bits per heavy atom. The maximum absolute atomic E-state index is 11.9. The van der Waals surface area contributed by atoms with Gasteiger partial charge in [-0.05, 0) is 11.8 Å². The molecular formula is C10H22N2O2S. The Hall–Kier alpha value is -0.130. The van der Waals surface area contributed by atoms with Crippen molar-refractivity contribution in [1.82, 2.24) is 4.31 Å². The molecule has 1 fully saturated rings. The normalized spacial score (nSPS) is 22.5. The lowest BCUT2D eigenvalue weighted by Gasteiger charge is -2.46. The molecule has 5 heteroatoms. The van der Waals surface area contributed by atoms with E-state index in [0.29, 0.717) is 13.1 Å². The molecule has 0 aromatic rings. The molecule has 0 radical (unpaired) electrons. The van der Waals surface area contributed by atoms with Crippen LogP contribution in [-0.4, -0.2) is 37.1 Å². The molecule has 0 atom stereocenters. The van der Waals surface area contributed by atoms with Crippen molar-refractivity contribution in [3.8, 4) is 0 Å². The van der Waals surface area contributed by atoms with Gasteiger partial charge in [0.15, 0.2) is 0 Å². The monoisotopic (exact) mass is 234 g/mol. The zero-order valence-electron chi connectivity index (χ0n) is 10.1. The van der Waals surface area contributed by atoms with Gasteiger partial charge in [0.1, 0.15) is 0 Å². The molecule has 1 heterocycles. The molecule has 15 heavy (non-hydrogen) atoms. The molecule has 90 valence electrons. The molecule has 0 unspecified atom stereocenters. The van der Waals surface area contributed by atoms with E-state index in [1.807, 2.05) is 27.7 Å². The summed E-state index contributed by atoms with van der Waals surface area (Å²) in [6.07, 6.45) is 0.828. The van der Waals surface area contributed by atoms with Crippen LogP contribution >= 0.6 is 0 Å². The minimum absolute atomic E-state index is 0.194. The van der Waals surface area contributed by atoms with Crippen LogP contribution in [0, 0.1) is 5.41 Å². The number of nitrogens with zero attached hydrogens (tertiary/aromatic N) is 1. The lowest BCUT2D eigenvalue weighted by molar-refractivity contribution is 0.152. The molecule has 1 saturated heterocycles. The first-order valence-corrected chi connectivity index (χ1v) is 6.96. The van der Waals surface area contributed by atoms with E-state index in [-0.39, 0.29) is 16.7 Å². The van der Waals surface area contributed by atoms with Gasteiger partial charge in [0.05, 0.1) is 5.75 Å². The van der Waals surface area contributed by atoms with Crippen LogP contribution in [0.25, 0.3) is 0 Å². The first-order valence-electron chi connectivity index (χ1n) is 5.35. The minimum atomic E-state index is -3.11. The molecule has 1 aliphatic heterocycles. The van der Waals surface area contributed by atoms with Crippen molar-refractivity contribution in [3.05, 3.63) is 0 Å². The van der Waals surface area contributed by atoms with Crippen LogP contribution in [0.1, 0.15) is 34.1 Å². The Labute approximate surface area is 92.9 Å². The van der Waals surface area contributed by atoms with E-state index >= 15 is 0 Å². The van der Waals surface area contributed by atoms with Gasteiger partial charge in [-0.2, -0.15) is 4.31 Å². The fourth-order valence-electron chi connectivity index (χ4n) is 1.71. The van der Waals surface area contributed by atoms with Gasteiger partial charge < -0.3 is 5.73 Å². The van der Waals surface area contributed by atoms with Crippen LogP contribution in [0.4, 0.5) is 0 Å². The van der Waals surface area contributed by atoms with Gasteiger partial charge in [0, 0.05) is 18.6 Å². The largest absolute Gasteiger partial charge is 0.323 e. The molecule has 0 aromatic carbocycles. The summed E-state index contributed by atoms with van der Waals surface area (Å²) in [4.78, 5) is 0. The molecule has 0 aromatic heterocycles. The first kappa shape index (κ1) is 12.9. The molecular weight excluding hydrogens is 212 g/mol. The van der Waals surface area contributed by atoms with Crippen molar-refractivity contribution in [3.63, 3.8) is 0 Å². The van der Waals surface area contributed by atoms with E-state index in [1.165, 1.54) is 4.31 Å². The Bertz CT molecular complexity index is 324. The van der Waals surface area contributed by atoms with Crippen molar-refractivity contribution >= 4 is 10.0 Å². The summed E-state index contributed by atoms with van der Waals surface area (Å²) >= 11 is 0. The third-order valence-corrected chi connectivity index (χ3v) is 4.97. The first-order chi connectivity index (χ1) is 6.58. The van der Waals surface area contributed by atoms with Crippen LogP contribution in [-0.2, 0) is 10.0 Å². The molecule has 0 saturated carbocycles. The molecule has 0 spiro atoms. The summed E-state index contributed by atoms with van der Waals surface area (Å²) < 4.78 is 25.3. The standard InChI is InChI=1S/C10H22N2O2S/c1-5-10(11)6-12(7-10)15(13,14)8-9(2,3)4/h5-8,11H2,1-4H3. The van der Waals surface area contributed by atoms with Crippen LogP contribution in [0.15, 0.2) is 0 Å². The predicted octanol–water partition coefficient (Wildman–Crippen LogP) is 0.785. The summed E-state index contributed by atoms with van der Waals surface area (Å²) in [6.45, 7) is 8.73. The van der Waals surface area contributed by atoms with Crippen molar-refractivity contribution in [2.45, 2.75) is 39.7 Å². The van der Waals surface area contributed by atoms with Gasteiger partial charge in [-0.15, -0.1) is 0 Å². The van der Waals surface area contributed by atoms with Crippen molar-refractivity contribution in [1.29, 1.82) is 0 Å². The molecule has 1 rings (SSSR count). The highest BCUT2D eigenvalue weighted by Gasteiger charge is 2.44. The number of rotatable bonds is 3. The zero-order chi connectivity index (χ0) is 11.9. The number of hydrogen-bond donors (Lipinski definition) is 1. The molecule has 1 aliphatic rings. The molecule has 0 bridgehead atoms. The smallest absolute Gasteiger partial charge is 0.214 e. The molecule has 2 N–H and O–H groups in total. The summed E-state index contributed by atoms with van der Waals surface area (Å²) in [7, 11) is -3.11. The number of sulfonamides is 1. The summed E-state index contributed by atoms with van der Waals surface area (Å²) in [6, 6.07) is 0. The number of nitrogens with two attached hydrogens (primary N) is 1. The van der Waals surface area contributed by atoms with Gasteiger partial charge in [-0.25, -0.2) is 8.42 Å². The van der Waals surface area contributed by atoms with Crippen molar-refractivity contribution in [2.24, 2.45) is 11.1 Å². The Balaban J connectivity index is 2.61. The minimum Gasteiger partial charge on any atom is -0.323 e. The van der Waals surface area contributed by atoms with E-state index in [1.54, 1.807) is 0 Å². The second kappa shape index (κ2) is 3.71. The quantitative estimate of drug-likeness (QED) is 0.785. The average Bonchev–Trinajstić information content (AvgIpc) is 1.93. The van der Waals surface area contributed by atoms with Gasteiger partial charge in [-0.3, -0.25) is 0 Å².